The lowest BCUT2D eigenvalue weighted by Gasteiger charge is -2.06. The number of nitrogens with one attached hydrogen (secondary N) is 1. The van der Waals surface area contributed by atoms with Crippen molar-refractivity contribution < 1.29 is 14.7 Å². The van der Waals surface area contributed by atoms with Crippen LogP contribution in [0, 0.1) is 0 Å². The molecular formula is C8H7Cl2NO3S. The molecule has 7 heteroatoms. The van der Waals surface area contributed by atoms with E-state index in [4.69, 9.17) is 28.3 Å². The largest absolute Gasteiger partial charge is 0.480 e. The summed E-state index contributed by atoms with van der Waals surface area (Å²) in [5.41, 5.74) is 0. The van der Waals surface area contributed by atoms with Gasteiger partial charge in [0.15, 0.2) is 0 Å². The molecule has 0 aliphatic carbocycles. The molecule has 0 aromatic carbocycles. The van der Waals surface area contributed by atoms with Crippen molar-refractivity contribution in [2.45, 2.75) is 13.0 Å². The maximum Gasteiger partial charge on any atom is 0.325 e. The summed E-state index contributed by atoms with van der Waals surface area (Å²) in [5.74, 6) is -1.60. The fourth-order valence-electron chi connectivity index (χ4n) is 0.788. The molecule has 0 unspecified atom stereocenters. The number of hydrogen-bond donors (Lipinski definition) is 2. The highest BCUT2D eigenvalue weighted by Gasteiger charge is 2.17. The summed E-state index contributed by atoms with van der Waals surface area (Å²) in [7, 11) is 0. The molecule has 1 aromatic rings. The average Bonchev–Trinajstić information content (AvgIpc) is 2.46. The van der Waals surface area contributed by atoms with E-state index in [0.717, 1.165) is 11.3 Å². The summed E-state index contributed by atoms with van der Waals surface area (Å²) < 4.78 is 0.310. The predicted octanol–water partition coefficient (Wildman–Crippen LogP) is 2.26. The van der Waals surface area contributed by atoms with E-state index in [0.29, 0.717) is 4.34 Å². The van der Waals surface area contributed by atoms with Crippen molar-refractivity contribution in [2.24, 2.45) is 0 Å². The summed E-state index contributed by atoms with van der Waals surface area (Å²) in [6.45, 7) is 1.37. The molecule has 1 rings (SSSR count). The Labute approximate surface area is 99.8 Å². The molecule has 82 valence electrons. The molecule has 0 aliphatic heterocycles. The molecule has 15 heavy (non-hydrogen) atoms. The second kappa shape index (κ2) is 4.83. The van der Waals surface area contributed by atoms with Gasteiger partial charge in [-0.3, -0.25) is 9.59 Å². The Morgan fingerprint density at radius 3 is 2.53 bits per heavy atom. The molecule has 1 aromatic heterocycles. The minimum atomic E-state index is -1.10. The smallest absolute Gasteiger partial charge is 0.325 e. The van der Waals surface area contributed by atoms with Crippen molar-refractivity contribution in [3.05, 3.63) is 20.3 Å². The van der Waals surface area contributed by atoms with Crippen LogP contribution in [0.3, 0.4) is 0 Å². The Balaban J connectivity index is 2.73. The molecule has 4 nitrogen and oxygen atoms in total. The van der Waals surface area contributed by atoms with Crippen molar-refractivity contribution in [1.82, 2.24) is 5.32 Å². The van der Waals surface area contributed by atoms with Gasteiger partial charge in [-0.1, -0.05) is 23.2 Å². The summed E-state index contributed by atoms with van der Waals surface area (Å²) in [6, 6.07) is 0.454. The molecule has 0 aliphatic rings. The monoisotopic (exact) mass is 267 g/mol. The van der Waals surface area contributed by atoms with E-state index in [9.17, 15) is 9.59 Å². The van der Waals surface area contributed by atoms with E-state index >= 15 is 0 Å². The van der Waals surface area contributed by atoms with E-state index < -0.39 is 17.9 Å². The van der Waals surface area contributed by atoms with Crippen LogP contribution in [0.5, 0.6) is 0 Å². The van der Waals surface area contributed by atoms with Crippen LogP contribution in [0.15, 0.2) is 6.07 Å². The summed E-state index contributed by atoms with van der Waals surface area (Å²) in [6.07, 6.45) is 0. The van der Waals surface area contributed by atoms with E-state index in [-0.39, 0.29) is 9.90 Å². The number of thiophene rings is 1. The van der Waals surface area contributed by atoms with E-state index in [1.54, 1.807) is 0 Å². The van der Waals surface area contributed by atoms with Gasteiger partial charge in [0.05, 0.1) is 9.90 Å². The number of carboxylic acid groups (broad SMARTS) is 1. The van der Waals surface area contributed by atoms with Crippen LogP contribution in [0.25, 0.3) is 0 Å². The molecule has 1 atom stereocenters. The lowest BCUT2D eigenvalue weighted by molar-refractivity contribution is -0.138. The van der Waals surface area contributed by atoms with Gasteiger partial charge in [-0.25, -0.2) is 0 Å². The molecule has 0 saturated carbocycles. The minimum absolute atomic E-state index is 0.287. The number of carboxylic acids is 1. The molecule has 0 spiro atoms. The van der Waals surface area contributed by atoms with Gasteiger partial charge in [-0.2, -0.15) is 0 Å². The van der Waals surface area contributed by atoms with E-state index in [1.807, 2.05) is 0 Å². The average molecular weight is 268 g/mol. The van der Waals surface area contributed by atoms with Crippen LogP contribution >= 0.6 is 34.5 Å². The SMILES string of the molecule is C[C@@H](NC(=O)c1cc(Cl)c(Cl)s1)C(=O)O. The summed E-state index contributed by atoms with van der Waals surface area (Å²) in [5, 5.41) is 11.2. The first kappa shape index (κ1) is 12.3. The molecule has 0 saturated heterocycles. The number of hydrogen-bond acceptors (Lipinski definition) is 3. The van der Waals surface area contributed by atoms with Crippen LogP contribution in [0.2, 0.25) is 9.36 Å². The fraction of sp³-hybridized carbons (Fsp3) is 0.250. The molecule has 0 radical (unpaired) electrons. The first-order valence-electron chi connectivity index (χ1n) is 3.90. The first-order chi connectivity index (χ1) is 6.91. The number of aliphatic carboxylic acids is 1. The van der Waals surface area contributed by atoms with Crippen LogP contribution in [0.1, 0.15) is 16.6 Å². The number of amides is 1. The number of carbonyl (C=O) groups is 2. The molecule has 1 heterocycles. The third-order valence-electron chi connectivity index (χ3n) is 1.59. The zero-order valence-corrected chi connectivity index (χ0v) is 9.91. The predicted molar refractivity (Wildman–Crippen MR) is 58.9 cm³/mol. The van der Waals surface area contributed by atoms with Gasteiger partial charge in [0.2, 0.25) is 0 Å². The van der Waals surface area contributed by atoms with Gasteiger partial charge < -0.3 is 10.4 Å². The first-order valence-corrected chi connectivity index (χ1v) is 5.47. The normalized spacial score (nSPS) is 12.2. The van der Waals surface area contributed by atoms with Gasteiger partial charge in [-0.15, -0.1) is 11.3 Å². The Hall–Kier alpha value is -0.780. The van der Waals surface area contributed by atoms with Crippen LogP contribution in [-0.4, -0.2) is 23.0 Å². The van der Waals surface area contributed by atoms with Crippen molar-refractivity contribution in [2.75, 3.05) is 0 Å². The van der Waals surface area contributed by atoms with E-state index in [2.05, 4.69) is 5.32 Å². The second-order valence-electron chi connectivity index (χ2n) is 2.77. The standard InChI is InChI=1S/C8H7Cl2NO3S/c1-3(8(13)14)11-7(12)5-2-4(9)6(10)15-5/h2-3H,1H3,(H,11,12)(H,13,14)/t3-/m1/s1. The fourth-order valence-corrected chi connectivity index (χ4v) is 2.06. The van der Waals surface area contributed by atoms with Gasteiger partial charge in [-0.05, 0) is 13.0 Å². The zero-order valence-electron chi connectivity index (χ0n) is 7.58. The molecule has 0 fully saturated rings. The highest BCUT2D eigenvalue weighted by molar-refractivity contribution is 7.18. The third-order valence-corrected chi connectivity index (χ3v) is 3.45. The van der Waals surface area contributed by atoms with Gasteiger partial charge in [0, 0.05) is 0 Å². The van der Waals surface area contributed by atoms with Gasteiger partial charge in [0.25, 0.3) is 5.91 Å². The maximum absolute atomic E-state index is 11.4. The summed E-state index contributed by atoms with van der Waals surface area (Å²) in [4.78, 5) is 22.2. The Morgan fingerprint density at radius 2 is 2.13 bits per heavy atom. The Bertz CT molecular complexity index is 385. The van der Waals surface area contributed by atoms with Gasteiger partial charge >= 0.3 is 5.97 Å². The molecule has 0 bridgehead atoms. The van der Waals surface area contributed by atoms with Gasteiger partial charge in [0.1, 0.15) is 10.4 Å². The molecule has 2 N–H and O–H groups in total. The van der Waals surface area contributed by atoms with E-state index in [1.165, 1.54) is 13.0 Å². The summed E-state index contributed by atoms with van der Waals surface area (Å²) >= 11 is 12.3. The lowest BCUT2D eigenvalue weighted by atomic mass is 10.3. The minimum Gasteiger partial charge on any atom is -0.480 e. The zero-order chi connectivity index (χ0) is 11.6. The van der Waals surface area contributed by atoms with Crippen molar-refractivity contribution in [3.63, 3.8) is 0 Å². The van der Waals surface area contributed by atoms with Crippen molar-refractivity contribution >= 4 is 46.4 Å². The Morgan fingerprint density at radius 1 is 1.53 bits per heavy atom. The van der Waals surface area contributed by atoms with Crippen LogP contribution in [-0.2, 0) is 4.79 Å². The van der Waals surface area contributed by atoms with Crippen molar-refractivity contribution in [1.29, 1.82) is 0 Å². The quantitative estimate of drug-likeness (QED) is 0.883. The molecular weight excluding hydrogens is 261 g/mol. The lowest BCUT2D eigenvalue weighted by Crippen LogP contribution is -2.37. The number of rotatable bonds is 3. The van der Waals surface area contributed by atoms with Crippen molar-refractivity contribution in [3.8, 4) is 0 Å². The molecule has 1 amide bonds. The topological polar surface area (TPSA) is 66.4 Å². The number of halogens is 2. The third kappa shape index (κ3) is 3.09. The Kier molecular flexibility index (Phi) is 3.96. The number of carbonyl (C=O) groups excluding carboxylic acids is 1. The highest BCUT2D eigenvalue weighted by atomic mass is 35.5. The highest BCUT2D eigenvalue weighted by Crippen LogP contribution is 2.31. The second-order valence-corrected chi connectivity index (χ2v) is 4.83. The maximum atomic E-state index is 11.4. The van der Waals surface area contributed by atoms with Crippen LogP contribution < -0.4 is 5.32 Å². The van der Waals surface area contributed by atoms with Crippen LogP contribution in [0.4, 0.5) is 0 Å².